The van der Waals surface area contributed by atoms with Gasteiger partial charge in [0, 0.05) is 24.0 Å². The van der Waals surface area contributed by atoms with E-state index in [2.05, 4.69) is 0 Å². The second-order valence-corrected chi connectivity index (χ2v) is 7.89. The van der Waals surface area contributed by atoms with Crippen LogP contribution in [0.4, 0.5) is 0 Å². The molecule has 0 amide bonds. The van der Waals surface area contributed by atoms with E-state index in [1.165, 1.54) is 10.4 Å². The van der Waals surface area contributed by atoms with E-state index < -0.39 is 16.0 Å². The third-order valence-electron chi connectivity index (χ3n) is 2.98. The highest BCUT2D eigenvalue weighted by Gasteiger charge is 2.30. The van der Waals surface area contributed by atoms with Gasteiger partial charge in [-0.1, -0.05) is 0 Å². The summed E-state index contributed by atoms with van der Waals surface area (Å²) in [5, 5.41) is 8.69. The zero-order chi connectivity index (χ0) is 14.0. The topological polar surface area (TPSA) is 101 Å². The molecular formula is C11H16N2O4S2. The lowest BCUT2D eigenvalue weighted by Gasteiger charge is -2.29. The van der Waals surface area contributed by atoms with Gasteiger partial charge in [-0.2, -0.15) is 4.31 Å². The fraction of sp³-hybridized carbons (Fsp3) is 0.545. The highest BCUT2D eigenvalue weighted by Crippen LogP contribution is 2.27. The van der Waals surface area contributed by atoms with E-state index in [-0.39, 0.29) is 16.7 Å². The molecule has 1 fully saturated rings. The van der Waals surface area contributed by atoms with E-state index in [4.69, 9.17) is 10.8 Å². The van der Waals surface area contributed by atoms with Crippen LogP contribution in [0, 0.1) is 0 Å². The Hall–Kier alpha value is -0.960. The molecule has 1 aliphatic heterocycles. The molecule has 0 saturated carbocycles. The van der Waals surface area contributed by atoms with Crippen molar-refractivity contribution in [3.05, 3.63) is 17.0 Å². The second kappa shape index (κ2) is 5.58. The molecule has 1 aliphatic rings. The average molecular weight is 304 g/mol. The number of aliphatic carboxylic acids is 1. The van der Waals surface area contributed by atoms with E-state index >= 15 is 0 Å². The standard InChI is InChI=1S/C11H16N2O4S2/c12-8-2-1-5-13(7-8)19(16,17)11-4-3-9(18-11)6-10(14)15/h3-4,8H,1-2,5-7,12H2,(H,14,15). The largest absolute Gasteiger partial charge is 0.481 e. The Balaban J connectivity index is 2.19. The van der Waals surface area contributed by atoms with E-state index in [1.807, 2.05) is 0 Å². The number of piperidine rings is 1. The van der Waals surface area contributed by atoms with Crippen LogP contribution >= 0.6 is 11.3 Å². The number of nitrogens with zero attached hydrogens (tertiary/aromatic N) is 1. The van der Waals surface area contributed by atoms with Gasteiger partial charge in [-0.25, -0.2) is 8.42 Å². The van der Waals surface area contributed by atoms with Crippen molar-refractivity contribution in [2.24, 2.45) is 5.73 Å². The van der Waals surface area contributed by atoms with Gasteiger partial charge < -0.3 is 10.8 Å². The summed E-state index contributed by atoms with van der Waals surface area (Å²) in [6.07, 6.45) is 1.44. The Morgan fingerprint density at radius 3 is 2.89 bits per heavy atom. The molecule has 0 bridgehead atoms. The molecule has 1 aromatic heterocycles. The Morgan fingerprint density at radius 2 is 2.26 bits per heavy atom. The SMILES string of the molecule is NC1CCCN(S(=O)(=O)c2ccc(CC(=O)O)s2)C1. The lowest BCUT2D eigenvalue weighted by molar-refractivity contribution is -0.136. The van der Waals surface area contributed by atoms with Crippen molar-refractivity contribution in [3.63, 3.8) is 0 Å². The Bertz CT molecular complexity index is 567. The number of hydrogen-bond donors (Lipinski definition) is 2. The molecule has 8 heteroatoms. The molecule has 1 atom stereocenters. The summed E-state index contributed by atoms with van der Waals surface area (Å²) in [5.74, 6) is -0.967. The molecule has 1 saturated heterocycles. The van der Waals surface area contributed by atoms with Crippen molar-refractivity contribution in [1.82, 2.24) is 4.31 Å². The van der Waals surface area contributed by atoms with Crippen LogP contribution in [0.3, 0.4) is 0 Å². The highest BCUT2D eigenvalue weighted by molar-refractivity contribution is 7.91. The molecule has 0 aromatic carbocycles. The van der Waals surface area contributed by atoms with Crippen molar-refractivity contribution in [3.8, 4) is 0 Å². The molecule has 2 rings (SSSR count). The van der Waals surface area contributed by atoms with Crippen LogP contribution < -0.4 is 5.73 Å². The molecule has 0 aliphatic carbocycles. The summed E-state index contributed by atoms with van der Waals surface area (Å²) in [6, 6.07) is 2.90. The summed E-state index contributed by atoms with van der Waals surface area (Å²) in [7, 11) is -3.53. The highest BCUT2D eigenvalue weighted by atomic mass is 32.2. The summed E-state index contributed by atoms with van der Waals surface area (Å²) in [6.45, 7) is 0.802. The summed E-state index contributed by atoms with van der Waals surface area (Å²) in [4.78, 5) is 11.1. The Kier molecular flexibility index (Phi) is 4.24. The Labute approximate surface area is 115 Å². The van der Waals surface area contributed by atoms with Gasteiger partial charge >= 0.3 is 5.97 Å². The van der Waals surface area contributed by atoms with Crippen molar-refractivity contribution in [2.75, 3.05) is 13.1 Å². The number of carboxylic acid groups (broad SMARTS) is 1. The lowest BCUT2D eigenvalue weighted by atomic mass is 10.1. The van der Waals surface area contributed by atoms with Gasteiger partial charge in [0.15, 0.2) is 0 Å². The van der Waals surface area contributed by atoms with Gasteiger partial charge in [0.2, 0.25) is 0 Å². The maximum Gasteiger partial charge on any atom is 0.308 e. The zero-order valence-electron chi connectivity index (χ0n) is 10.3. The summed E-state index contributed by atoms with van der Waals surface area (Å²) < 4.78 is 26.3. The summed E-state index contributed by atoms with van der Waals surface area (Å²) in [5.41, 5.74) is 5.79. The third kappa shape index (κ3) is 3.33. The fourth-order valence-corrected chi connectivity index (χ4v) is 5.10. The predicted octanol–water partition coefficient (Wildman–Crippen LogP) is 0.487. The van der Waals surface area contributed by atoms with Crippen molar-refractivity contribution in [1.29, 1.82) is 0 Å². The van der Waals surface area contributed by atoms with Gasteiger partial charge in [0.05, 0.1) is 6.42 Å². The predicted molar refractivity (Wildman–Crippen MR) is 71.6 cm³/mol. The monoisotopic (exact) mass is 304 g/mol. The average Bonchev–Trinajstić information content (AvgIpc) is 2.77. The molecule has 106 valence electrons. The van der Waals surface area contributed by atoms with E-state index in [1.54, 1.807) is 6.07 Å². The molecule has 1 aromatic rings. The minimum absolute atomic E-state index is 0.123. The Morgan fingerprint density at radius 1 is 1.53 bits per heavy atom. The number of thiophene rings is 1. The van der Waals surface area contributed by atoms with Crippen LogP contribution in [-0.2, 0) is 21.2 Å². The van der Waals surface area contributed by atoms with Crippen LogP contribution in [0.5, 0.6) is 0 Å². The van der Waals surface area contributed by atoms with Gasteiger partial charge in [-0.3, -0.25) is 4.79 Å². The smallest absolute Gasteiger partial charge is 0.308 e. The number of carboxylic acids is 1. The lowest BCUT2D eigenvalue weighted by Crippen LogP contribution is -2.45. The second-order valence-electron chi connectivity index (χ2n) is 4.56. The fourth-order valence-electron chi connectivity index (χ4n) is 2.06. The molecule has 6 nitrogen and oxygen atoms in total. The van der Waals surface area contributed by atoms with Crippen LogP contribution in [0.1, 0.15) is 17.7 Å². The number of rotatable bonds is 4. The third-order valence-corrected chi connectivity index (χ3v) is 6.39. The maximum absolute atomic E-state index is 12.4. The first-order valence-electron chi connectivity index (χ1n) is 5.96. The maximum atomic E-state index is 12.4. The first kappa shape index (κ1) is 14.4. The number of carbonyl (C=O) groups is 1. The van der Waals surface area contributed by atoms with Crippen molar-refractivity contribution >= 4 is 27.3 Å². The molecule has 1 unspecified atom stereocenters. The molecule has 19 heavy (non-hydrogen) atoms. The van der Waals surface area contributed by atoms with Gasteiger partial charge in [-0.05, 0) is 25.0 Å². The first-order chi connectivity index (χ1) is 8.89. The van der Waals surface area contributed by atoms with Gasteiger partial charge in [0.25, 0.3) is 10.0 Å². The van der Waals surface area contributed by atoms with Crippen LogP contribution in [0.2, 0.25) is 0 Å². The molecular weight excluding hydrogens is 288 g/mol. The zero-order valence-corrected chi connectivity index (χ0v) is 11.9. The molecule has 2 heterocycles. The first-order valence-corrected chi connectivity index (χ1v) is 8.21. The van der Waals surface area contributed by atoms with Crippen LogP contribution in [0.25, 0.3) is 0 Å². The molecule has 0 spiro atoms. The number of sulfonamides is 1. The van der Waals surface area contributed by atoms with Crippen LogP contribution in [-0.4, -0.2) is 42.9 Å². The van der Waals surface area contributed by atoms with E-state index in [0.717, 1.165) is 24.2 Å². The molecule has 0 radical (unpaired) electrons. The van der Waals surface area contributed by atoms with Crippen LogP contribution in [0.15, 0.2) is 16.3 Å². The van der Waals surface area contributed by atoms with Gasteiger partial charge in [0.1, 0.15) is 4.21 Å². The minimum Gasteiger partial charge on any atom is -0.481 e. The summed E-state index contributed by atoms with van der Waals surface area (Å²) >= 11 is 1.01. The van der Waals surface area contributed by atoms with Gasteiger partial charge in [-0.15, -0.1) is 11.3 Å². The van der Waals surface area contributed by atoms with Crippen molar-refractivity contribution in [2.45, 2.75) is 29.5 Å². The number of nitrogens with two attached hydrogens (primary N) is 1. The van der Waals surface area contributed by atoms with Crippen molar-refractivity contribution < 1.29 is 18.3 Å². The molecule has 3 N–H and O–H groups in total. The minimum atomic E-state index is -3.53. The quantitative estimate of drug-likeness (QED) is 0.843. The normalized spacial score (nSPS) is 21.4. The number of hydrogen-bond acceptors (Lipinski definition) is 5. The van der Waals surface area contributed by atoms with E-state index in [9.17, 15) is 13.2 Å². The van der Waals surface area contributed by atoms with E-state index in [0.29, 0.717) is 18.0 Å².